The van der Waals surface area contributed by atoms with Gasteiger partial charge in [-0.2, -0.15) is 0 Å². The standard InChI is InChI=1S/C22H22N2O3S3/c25-20(27-14-19-8-4-5-13-26-19)17-9-11-18(12-10-17)24-22(28)30-21(23-24)29-15-16-6-2-1-3-7-16/h1-3,6-7,9-12,19H,4-5,8,13-15H2. The van der Waals surface area contributed by atoms with Crippen molar-refractivity contribution in [3.05, 3.63) is 69.7 Å². The van der Waals surface area contributed by atoms with Gasteiger partial charge in [-0.1, -0.05) is 53.4 Å². The Morgan fingerprint density at radius 2 is 2.00 bits per heavy atom. The van der Waals surface area contributed by atoms with Crippen molar-refractivity contribution in [3.8, 4) is 5.69 Å². The first-order chi connectivity index (χ1) is 14.7. The molecule has 1 aromatic heterocycles. The Balaban J connectivity index is 1.37. The second-order valence-electron chi connectivity index (χ2n) is 6.95. The van der Waals surface area contributed by atoms with E-state index >= 15 is 0 Å². The Morgan fingerprint density at radius 3 is 2.73 bits per heavy atom. The molecule has 5 nitrogen and oxygen atoms in total. The van der Waals surface area contributed by atoms with Crippen molar-refractivity contribution in [2.45, 2.75) is 35.5 Å². The van der Waals surface area contributed by atoms with Crippen molar-refractivity contribution in [2.75, 3.05) is 13.2 Å². The van der Waals surface area contributed by atoms with Gasteiger partial charge in [-0.15, -0.1) is 5.10 Å². The van der Waals surface area contributed by atoms with Gasteiger partial charge < -0.3 is 9.47 Å². The van der Waals surface area contributed by atoms with E-state index in [2.05, 4.69) is 17.2 Å². The van der Waals surface area contributed by atoms with Crippen LogP contribution in [0.1, 0.15) is 35.2 Å². The second-order valence-corrected chi connectivity index (χ2v) is 9.80. The molecule has 1 fully saturated rings. The summed E-state index contributed by atoms with van der Waals surface area (Å²) in [6, 6.07) is 17.5. The lowest BCUT2D eigenvalue weighted by atomic mass is 10.1. The maximum atomic E-state index is 12.3. The molecule has 4 rings (SSSR count). The van der Waals surface area contributed by atoms with E-state index in [0.717, 1.165) is 41.6 Å². The molecule has 0 aliphatic carbocycles. The number of aromatic nitrogens is 2. The molecule has 0 bridgehead atoms. The number of ether oxygens (including phenoxy) is 2. The average Bonchev–Trinajstić information content (AvgIpc) is 3.18. The number of carbonyl (C=O) groups excluding carboxylic acids is 1. The number of rotatable bonds is 7. The lowest BCUT2D eigenvalue weighted by molar-refractivity contribution is -0.0300. The predicted molar refractivity (Wildman–Crippen MR) is 122 cm³/mol. The van der Waals surface area contributed by atoms with Crippen molar-refractivity contribution >= 4 is 41.3 Å². The van der Waals surface area contributed by atoms with Gasteiger partial charge in [0.25, 0.3) is 0 Å². The SMILES string of the molecule is O=C(OCC1CCCCO1)c1ccc(-n2nc(SCc3ccccc3)sc2=S)cc1. The van der Waals surface area contributed by atoms with Crippen LogP contribution in [0.15, 0.2) is 58.9 Å². The van der Waals surface area contributed by atoms with E-state index in [1.165, 1.54) is 16.9 Å². The van der Waals surface area contributed by atoms with Crippen molar-refractivity contribution in [2.24, 2.45) is 0 Å². The molecular formula is C22H22N2O3S3. The third kappa shape index (κ3) is 5.57. The molecule has 0 N–H and O–H groups in total. The Kier molecular flexibility index (Phi) is 7.33. The molecule has 0 spiro atoms. The van der Waals surface area contributed by atoms with E-state index < -0.39 is 0 Å². The van der Waals surface area contributed by atoms with Crippen molar-refractivity contribution in [1.82, 2.24) is 9.78 Å². The number of thioether (sulfide) groups is 1. The number of esters is 1. The van der Waals surface area contributed by atoms with E-state index in [1.807, 2.05) is 30.3 Å². The highest BCUT2D eigenvalue weighted by Crippen LogP contribution is 2.27. The van der Waals surface area contributed by atoms with Gasteiger partial charge in [-0.25, -0.2) is 9.48 Å². The van der Waals surface area contributed by atoms with Crippen LogP contribution in [0.4, 0.5) is 0 Å². The van der Waals surface area contributed by atoms with Crippen LogP contribution in [-0.4, -0.2) is 35.1 Å². The van der Waals surface area contributed by atoms with E-state index in [0.29, 0.717) is 16.1 Å². The maximum Gasteiger partial charge on any atom is 0.338 e. The minimum Gasteiger partial charge on any atom is -0.459 e. The highest BCUT2D eigenvalue weighted by molar-refractivity contribution is 8.00. The Labute approximate surface area is 189 Å². The van der Waals surface area contributed by atoms with E-state index in [1.54, 1.807) is 28.6 Å². The fourth-order valence-corrected chi connectivity index (χ4v) is 5.45. The smallest absolute Gasteiger partial charge is 0.338 e. The minimum absolute atomic E-state index is 0.0158. The molecule has 3 aromatic rings. The zero-order valence-corrected chi connectivity index (χ0v) is 18.8. The third-order valence-corrected chi connectivity index (χ3v) is 7.19. The summed E-state index contributed by atoms with van der Waals surface area (Å²) in [4.78, 5) is 12.3. The van der Waals surface area contributed by atoms with Crippen molar-refractivity contribution in [3.63, 3.8) is 0 Å². The zero-order chi connectivity index (χ0) is 20.8. The van der Waals surface area contributed by atoms with Crippen LogP contribution in [0.25, 0.3) is 5.69 Å². The summed E-state index contributed by atoms with van der Waals surface area (Å²) in [6.45, 7) is 1.05. The van der Waals surface area contributed by atoms with Gasteiger partial charge in [0.1, 0.15) is 6.61 Å². The highest BCUT2D eigenvalue weighted by Gasteiger charge is 2.17. The average molecular weight is 459 g/mol. The molecule has 1 aliphatic heterocycles. The summed E-state index contributed by atoms with van der Waals surface area (Å²) in [5, 5.41) is 4.63. The van der Waals surface area contributed by atoms with Gasteiger partial charge in [0.05, 0.1) is 17.4 Å². The van der Waals surface area contributed by atoms with Crippen LogP contribution >= 0.6 is 35.3 Å². The molecule has 1 unspecified atom stereocenters. The summed E-state index contributed by atoms with van der Waals surface area (Å²) in [6.07, 6.45) is 3.16. The monoisotopic (exact) mass is 458 g/mol. The van der Waals surface area contributed by atoms with Crippen LogP contribution in [0.5, 0.6) is 0 Å². The Bertz CT molecular complexity index is 1030. The number of benzene rings is 2. The summed E-state index contributed by atoms with van der Waals surface area (Å²) in [7, 11) is 0. The number of hydrogen-bond donors (Lipinski definition) is 0. The minimum atomic E-state index is -0.336. The van der Waals surface area contributed by atoms with Crippen molar-refractivity contribution < 1.29 is 14.3 Å². The van der Waals surface area contributed by atoms with Crippen LogP contribution in [0.2, 0.25) is 0 Å². The summed E-state index contributed by atoms with van der Waals surface area (Å²) < 4.78 is 14.3. The first-order valence-corrected chi connectivity index (χ1v) is 12.1. The largest absolute Gasteiger partial charge is 0.459 e. The van der Waals surface area contributed by atoms with Gasteiger partial charge in [-0.05, 0) is 61.3 Å². The first-order valence-electron chi connectivity index (χ1n) is 9.85. The highest BCUT2D eigenvalue weighted by atomic mass is 32.2. The van der Waals surface area contributed by atoms with Crippen molar-refractivity contribution in [1.29, 1.82) is 0 Å². The van der Waals surface area contributed by atoms with E-state index in [4.69, 9.17) is 21.7 Å². The predicted octanol–water partition coefficient (Wildman–Crippen LogP) is 5.68. The third-order valence-electron chi connectivity index (χ3n) is 4.76. The quantitative estimate of drug-likeness (QED) is 0.258. The molecule has 8 heteroatoms. The fraction of sp³-hybridized carbons (Fsp3) is 0.318. The van der Waals surface area contributed by atoms with Crippen LogP contribution in [0.3, 0.4) is 0 Å². The number of nitrogens with zero attached hydrogens (tertiary/aromatic N) is 2. The molecule has 2 aromatic carbocycles. The number of hydrogen-bond acceptors (Lipinski definition) is 7. The molecule has 1 atom stereocenters. The molecule has 0 amide bonds. The van der Waals surface area contributed by atoms with Gasteiger partial charge in [0.2, 0.25) is 0 Å². The molecule has 0 radical (unpaired) electrons. The van der Waals surface area contributed by atoms with Gasteiger partial charge in [-0.3, -0.25) is 0 Å². The number of carbonyl (C=O) groups is 1. The van der Waals surface area contributed by atoms with Crippen LogP contribution < -0.4 is 0 Å². The van der Waals surface area contributed by atoms with Gasteiger partial charge in [0.15, 0.2) is 8.29 Å². The fourth-order valence-electron chi connectivity index (χ4n) is 3.13. The molecular weight excluding hydrogens is 436 g/mol. The topological polar surface area (TPSA) is 53.4 Å². The molecule has 1 saturated heterocycles. The maximum absolute atomic E-state index is 12.3. The molecule has 0 saturated carbocycles. The lowest BCUT2D eigenvalue weighted by Gasteiger charge is -2.22. The normalized spacial score (nSPS) is 16.3. The summed E-state index contributed by atoms with van der Waals surface area (Å²) in [5.41, 5.74) is 2.58. The molecule has 1 aliphatic rings. The van der Waals surface area contributed by atoms with Crippen LogP contribution in [0, 0.1) is 3.95 Å². The van der Waals surface area contributed by atoms with E-state index in [-0.39, 0.29) is 12.1 Å². The Morgan fingerprint density at radius 1 is 1.20 bits per heavy atom. The first kappa shape index (κ1) is 21.2. The molecule has 156 valence electrons. The lowest BCUT2D eigenvalue weighted by Crippen LogP contribution is -2.25. The van der Waals surface area contributed by atoms with Gasteiger partial charge >= 0.3 is 5.97 Å². The summed E-state index contributed by atoms with van der Waals surface area (Å²) >= 11 is 8.64. The van der Waals surface area contributed by atoms with Crippen LogP contribution in [-0.2, 0) is 15.2 Å². The van der Waals surface area contributed by atoms with Gasteiger partial charge in [0, 0.05) is 12.4 Å². The second kappa shape index (κ2) is 10.3. The summed E-state index contributed by atoms with van der Waals surface area (Å²) in [5.74, 6) is 0.509. The zero-order valence-electron chi connectivity index (χ0n) is 16.4. The Hall–Kier alpha value is -2.00. The molecule has 2 heterocycles. The molecule has 30 heavy (non-hydrogen) atoms. The van der Waals surface area contributed by atoms with E-state index in [9.17, 15) is 4.79 Å².